The number of hydrogen-bond donors (Lipinski definition) is 1. The number of nitrogens with one attached hydrogen (secondary N) is 1. The molecule has 1 aliphatic rings. The molecule has 2 amide bonds. The highest BCUT2D eigenvalue weighted by Crippen LogP contribution is 2.30. The molecule has 29 heavy (non-hydrogen) atoms. The average molecular weight is 395 g/mol. The van der Waals surface area contributed by atoms with E-state index in [-0.39, 0.29) is 24.3 Å². The molecule has 0 saturated carbocycles. The zero-order valence-corrected chi connectivity index (χ0v) is 17.5. The topological polar surface area (TPSA) is 58.6 Å². The highest BCUT2D eigenvalue weighted by molar-refractivity contribution is 5.88. The first-order valence-electron chi connectivity index (χ1n) is 10.3. The van der Waals surface area contributed by atoms with Crippen molar-refractivity contribution < 1.29 is 14.3 Å². The van der Waals surface area contributed by atoms with Crippen molar-refractivity contribution in [1.29, 1.82) is 0 Å². The summed E-state index contributed by atoms with van der Waals surface area (Å²) in [4.78, 5) is 27.6. The lowest BCUT2D eigenvalue weighted by Gasteiger charge is -2.42. The van der Waals surface area contributed by atoms with Gasteiger partial charge in [0.2, 0.25) is 5.91 Å². The number of ether oxygens (including phenoxy) is 1. The van der Waals surface area contributed by atoms with Crippen LogP contribution >= 0.6 is 0 Å². The van der Waals surface area contributed by atoms with Crippen LogP contribution in [-0.2, 0) is 20.7 Å². The Balaban J connectivity index is 1.97. The van der Waals surface area contributed by atoms with Crippen molar-refractivity contribution in [3.8, 4) is 11.1 Å². The first kappa shape index (κ1) is 21.1. The van der Waals surface area contributed by atoms with E-state index in [1.54, 1.807) is 4.90 Å². The monoisotopic (exact) mass is 394 g/mol. The Labute approximate surface area is 173 Å². The predicted molar refractivity (Wildman–Crippen MR) is 114 cm³/mol. The lowest BCUT2D eigenvalue weighted by atomic mass is 9.87. The molecule has 0 aromatic heterocycles. The molecule has 1 atom stereocenters. The van der Waals surface area contributed by atoms with E-state index in [0.717, 1.165) is 16.7 Å². The van der Waals surface area contributed by atoms with Gasteiger partial charge in [0.1, 0.15) is 0 Å². The largest absolute Gasteiger partial charge is 0.361 e. The Bertz CT molecular complexity index is 850. The summed E-state index contributed by atoms with van der Waals surface area (Å²) < 4.78 is 6.13. The second-order valence-electron chi connectivity index (χ2n) is 7.82. The van der Waals surface area contributed by atoms with Crippen LogP contribution in [0.15, 0.2) is 54.6 Å². The predicted octanol–water partition coefficient (Wildman–Crippen LogP) is 3.29. The quantitative estimate of drug-likeness (QED) is 0.818. The van der Waals surface area contributed by atoms with Crippen LogP contribution in [-0.4, -0.2) is 48.6 Å². The summed E-state index contributed by atoms with van der Waals surface area (Å²) in [7, 11) is 0. The molecular formula is C24H30N2O3. The van der Waals surface area contributed by atoms with Crippen LogP contribution in [0.4, 0.5) is 0 Å². The zero-order chi connectivity index (χ0) is 20.9. The van der Waals surface area contributed by atoms with Crippen LogP contribution < -0.4 is 5.32 Å². The van der Waals surface area contributed by atoms with E-state index >= 15 is 0 Å². The number of benzene rings is 2. The van der Waals surface area contributed by atoms with Gasteiger partial charge in [0.25, 0.3) is 5.91 Å². The number of rotatable bonds is 6. The number of likely N-dealkylation sites (N-methyl/N-ethyl adjacent to an activating group) is 1. The summed E-state index contributed by atoms with van der Waals surface area (Å²) in [5.41, 5.74) is 2.11. The molecule has 0 radical (unpaired) electrons. The fourth-order valence-corrected chi connectivity index (χ4v) is 3.87. The van der Waals surface area contributed by atoms with Crippen LogP contribution in [0, 0.1) is 5.92 Å². The van der Waals surface area contributed by atoms with E-state index in [1.165, 1.54) is 0 Å². The van der Waals surface area contributed by atoms with Crippen LogP contribution in [0.1, 0.15) is 26.3 Å². The fraction of sp³-hybridized carbons (Fsp3) is 0.417. The molecule has 3 rings (SSSR count). The Morgan fingerprint density at radius 1 is 1.10 bits per heavy atom. The molecule has 0 bridgehead atoms. The molecule has 1 aliphatic heterocycles. The van der Waals surface area contributed by atoms with Crippen molar-refractivity contribution in [1.82, 2.24) is 10.2 Å². The lowest BCUT2D eigenvalue weighted by molar-refractivity contribution is -0.167. The SMILES string of the molecule is CCNC(=O)C1(Cc2ccccc2-c2ccccc2)CN(C(=O)C(C)C)CCO1. The van der Waals surface area contributed by atoms with Gasteiger partial charge in [-0.3, -0.25) is 9.59 Å². The maximum Gasteiger partial charge on any atom is 0.254 e. The maximum absolute atomic E-state index is 13.1. The fourth-order valence-electron chi connectivity index (χ4n) is 3.87. The number of carbonyl (C=O) groups is 2. The van der Waals surface area contributed by atoms with Gasteiger partial charge in [-0.1, -0.05) is 68.4 Å². The van der Waals surface area contributed by atoms with E-state index in [4.69, 9.17) is 4.74 Å². The van der Waals surface area contributed by atoms with E-state index in [0.29, 0.717) is 26.1 Å². The molecule has 1 heterocycles. The van der Waals surface area contributed by atoms with Gasteiger partial charge in [0.15, 0.2) is 5.60 Å². The van der Waals surface area contributed by atoms with E-state index in [2.05, 4.69) is 23.5 Å². The highest BCUT2D eigenvalue weighted by atomic mass is 16.5. The van der Waals surface area contributed by atoms with Crippen LogP contribution in [0.5, 0.6) is 0 Å². The third-order valence-electron chi connectivity index (χ3n) is 5.32. The summed E-state index contributed by atoms with van der Waals surface area (Å²) in [6.07, 6.45) is 0.409. The molecule has 154 valence electrons. The van der Waals surface area contributed by atoms with Crippen molar-refractivity contribution in [2.75, 3.05) is 26.2 Å². The van der Waals surface area contributed by atoms with Crippen LogP contribution in [0.3, 0.4) is 0 Å². The minimum Gasteiger partial charge on any atom is -0.361 e. The first-order valence-corrected chi connectivity index (χ1v) is 10.3. The Morgan fingerprint density at radius 2 is 1.79 bits per heavy atom. The Hall–Kier alpha value is -2.66. The maximum atomic E-state index is 13.1. The minimum atomic E-state index is -1.09. The van der Waals surface area contributed by atoms with Gasteiger partial charge in [-0.25, -0.2) is 0 Å². The third kappa shape index (κ3) is 4.67. The van der Waals surface area contributed by atoms with E-state index in [9.17, 15) is 9.59 Å². The van der Waals surface area contributed by atoms with E-state index < -0.39 is 5.60 Å². The summed E-state index contributed by atoms with van der Waals surface area (Å²) in [5.74, 6) is -0.223. The number of nitrogens with zero attached hydrogens (tertiary/aromatic N) is 1. The smallest absolute Gasteiger partial charge is 0.254 e. The van der Waals surface area contributed by atoms with Crippen LogP contribution in [0.2, 0.25) is 0 Å². The van der Waals surface area contributed by atoms with Gasteiger partial charge in [-0.15, -0.1) is 0 Å². The Morgan fingerprint density at radius 3 is 2.48 bits per heavy atom. The van der Waals surface area contributed by atoms with Crippen molar-refractivity contribution >= 4 is 11.8 Å². The lowest BCUT2D eigenvalue weighted by Crippen LogP contribution is -2.62. The van der Waals surface area contributed by atoms with Crippen molar-refractivity contribution in [3.63, 3.8) is 0 Å². The second-order valence-corrected chi connectivity index (χ2v) is 7.82. The van der Waals surface area contributed by atoms with Gasteiger partial charge in [0.05, 0.1) is 13.2 Å². The summed E-state index contributed by atoms with van der Waals surface area (Å²) in [6.45, 7) is 7.30. The van der Waals surface area contributed by atoms with Gasteiger partial charge in [-0.05, 0) is 23.6 Å². The molecular weight excluding hydrogens is 364 g/mol. The molecule has 1 N–H and O–H groups in total. The van der Waals surface area contributed by atoms with Crippen molar-refractivity contribution in [2.45, 2.75) is 32.8 Å². The molecule has 2 aromatic rings. The van der Waals surface area contributed by atoms with Crippen molar-refractivity contribution in [3.05, 3.63) is 60.2 Å². The zero-order valence-electron chi connectivity index (χ0n) is 17.5. The first-order chi connectivity index (χ1) is 14.0. The molecule has 2 aromatic carbocycles. The number of morpholine rings is 1. The molecule has 1 fully saturated rings. The normalized spacial score (nSPS) is 19.2. The van der Waals surface area contributed by atoms with Crippen LogP contribution in [0.25, 0.3) is 11.1 Å². The Kier molecular flexibility index (Phi) is 6.70. The van der Waals surface area contributed by atoms with Gasteiger partial charge >= 0.3 is 0 Å². The minimum absolute atomic E-state index is 0.0540. The molecule has 0 spiro atoms. The summed E-state index contributed by atoms with van der Waals surface area (Å²) in [5, 5.41) is 2.92. The van der Waals surface area contributed by atoms with Gasteiger partial charge < -0.3 is 15.0 Å². The summed E-state index contributed by atoms with van der Waals surface area (Å²) >= 11 is 0. The molecule has 1 unspecified atom stereocenters. The molecule has 5 nitrogen and oxygen atoms in total. The number of hydrogen-bond acceptors (Lipinski definition) is 3. The third-order valence-corrected chi connectivity index (χ3v) is 5.32. The molecule has 5 heteroatoms. The molecule has 1 saturated heterocycles. The summed E-state index contributed by atoms with van der Waals surface area (Å²) in [6, 6.07) is 18.2. The van der Waals surface area contributed by atoms with Gasteiger partial charge in [0, 0.05) is 25.4 Å². The number of carbonyl (C=O) groups excluding carboxylic acids is 2. The van der Waals surface area contributed by atoms with Gasteiger partial charge in [-0.2, -0.15) is 0 Å². The van der Waals surface area contributed by atoms with Crippen molar-refractivity contribution in [2.24, 2.45) is 5.92 Å². The average Bonchev–Trinajstić information content (AvgIpc) is 2.74. The number of amides is 2. The van der Waals surface area contributed by atoms with E-state index in [1.807, 2.05) is 57.2 Å². The highest BCUT2D eigenvalue weighted by Gasteiger charge is 2.45. The molecule has 0 aliphatic carbocycles. The second kappa shape index (κ2) is 9.23. The standard InChI is InChI=1S/C24H30N2O3/c1-4-25-23(28)24(17-26(14-15-29-24)22(27)18(2)3)16-20-12-8-9-13-21(20)19-10-6-5-7-11-19/h5-13,18H,4,14-17H2,1-3H3,(H,25,28).